The minimum Gasteiger partial charge on any atom is -0.352 e. The first-order valence-electron chi connectivity index (χ1n) is 8.64. The molecule has 1 N–H and O–H groups in total. The summed E-state index contributed by atoms with van der Waals surface area (Å²) in [6.07, 6.45) is 1.13. The number of sulfonamides is 1. The lowest BCUT2D eigenvalue weighted by molar-refractivity contribution is -0.126. The summed E-state index contributed by atoms with van der Waals surface area (Å²) in [6, 6.07) is 10.6. The number of benzene rings is 2. The second kappa shape index (κ2) is 8.14. The second-order valence-electron chi connectivity index (χ2n) is 6.50. The van der Waals surface area contributed by atoms with Gasteiger partial charge in [-0.3, -0.25) is 4.79 Å². The van der Waals surface area contributed by atoms with Gasteiger partial charge in [0.15, 0.2) is 0 Å². The van der Waals surface area contributed by atoms with E-state index >= 15 is 0 Å². The van der Waals surface area contributed by atoms with Gasteiger partial charge >= 0.3 is 0 Å². The summed E-state index contributed by atoms with van der Waals surface area (Å²) >= 11 is 0. The first kappa shape index (κ1) is 19.4. The summed E-state index contributed by atoms with van der Waals surface area (Å²) < 4.78 is 52.9. The largest absolute Gasteiger partial charge is 0.352 e. The van der Waals surface area contributed by atoms with E-state index in [1.165, 1.54) is 28.6 Å². The lowest BCUT2D eigenvalue weighted by atomic mass is 9.99. The molecule has 1 aliphatic heterocycles. The third-order valence-corrected chi connectivity index (χ3v) is 6.44. The molecule has 1 saturated heterocycles. The lowest BCUT2D eigenvalue weighted by Gasteiger charge is -2.31. The maximum Gasteiger partial charge on any atom is 0.243 e. The van der Waals surface area contributed by atoms with Gasteiger partial charge in [-0.05, 0) is 54.8 Å². The van der Waals surface area contributed by atoms with E-state index in [0.717, 1.165) is 12.1 Å². The average molecular weight is 394 g/mol. The number of amides is 1. The van der Waals surface area contributed by atoms with E-state index in [0.29, 0.717) is 24.9 Å². The summed E-state index contributed by atoms with van der Waals surface area (Å²) in [7, 11) is -3.78. The number of rotatable bonds is 5. The quantitative estimate of drug-likeness (QED) is 0.848. The highest BCUT2D eigenvalue weighted by molar-refractivity contribution is 7.89. The van der Waals surface area contributed by atoms with E-state index < -0.39 is 21.8 Å². The van der Waals surface area contributed by atoms with Crippen LogP contribution in [0.5, 0.6) is 0 Å². The Morgan fingerprint density at radius 1 is 1.11 bits per heavy atom. The van der Waals surface area contributed by atoms with Crippen molar-refractivity contribution in [3.8, 4) is 0 Å². The van der Waals surface area contributed by atoms with E-state index in [1.54, 1.807) is 12.1 Å². The monoisotopic (exact) mass is 394 g/mol. The van der Waals surface area contributed by atoms with Crippen molar-refractivity contribution < 1.29 is 22.0 Å². The van der Waals surface area contributed by atoms with Crippen LogP contribution in [0.2, 0.25) is 0 Å². The van der Waals surface area contributed by atoms with Gasteiger partial charge in [0.05, 0.1) is 10.8 Å². The molecule has 0 bridgehead atoms. The Morgan fingerprint density at radius 2 is 1.85 bits per heavy atom. The first-order valence-corrected chi connectivity index (χ1v) is 10.1. The molecule has 0 spiro atoms. The highest BCUT2D eigenvalue weighted by Crippen LogP contribution is 2.24. The molecule has 2 aromatic rings. The molecule has 0 aliphatic carbocycles. The molecule has 5 nitrogen and oxygen atoms in total. The average Bonchev–Trinajstić information content (AvgIpc) is 2.66. The summed E-state index contributed by atoms with van der Waals surface area (Å²) in [5, 5.41) is 2.74. The molecule has 1 aliphatic rings. The third kappa shape index (κ3) is 4.70. The highest BCUT2D eigenvalue weighted by Gasteiger charge is 2.33. The second-order valence-corrected chi connectivity index (χ2v) is 8.44. The number of nitrogens with zero attached hydrogens (tertiary/aromatic N) is 1. The van der Waals surface area contributed by atoms with Gasteiger partial charge in [-0.15, -0.1) is 0 Å². The third-order valence-electron chi connectivity index (χ3n) is 4.56. The number of nitrogens with one attached hydrogen (secondary N) is 1. The Bertz CT molecular complexity index is 917. The van der Waals surface area contributed by atoms with Crippen LogP contribution in [0.15, 0.2) is 53.4 Å². The Morgan fingerprint density at radius 3 is 2.56 bits per heavy atom. The zero-order chi connectivity index (χ0) is 19.4. The fourth-order valence-electron chi connectivity index (χ4n) is 3.11. The molecular formula is C19H20F2N2O3S. The minimum absolute atomic E-state index is 0.00437. The zero-order valence-corrected chi connectivity index (χ0v) is 15.4. The number of carbonyl (C=O) groups excluding carboxylic acids is 1. The van der Waals surface area contributed by atoms with Crippen LogP contribution >= 0.6 is 0 Å². The normalized spacial score (nSPS) is 18.2. The number of piperidine rings is 1. The van der Waals surface area contributed by atoms with Crippen molar-refractivity contribution in [1.82, 2.24) is 9.62 Å². The summed E-state index contributed by atoms with van der Waals surface area (Å²) in [6.45, 7) is 0.555. The van der Waals surface area contributed by atoms with E-state index in [-0.39, 0.29) is 29.7 Å². The fourth-order valence-corrected chi connectivity index (χ4v) is 4.63. The van der Waals surface area contributed by atoms with Gasteiger partial charge in [-0.2, -0.15) is 4.31 Å². The predicted molar refractivity (Wildman–Crippen MR) is 96.1 cm³/mol. The molecule has 1 heterocycles. The summed E-state index contributed by atoms with van der Waals surface area (Å²) in [5.74, 6) is -1.64. The number of carbonyl (C=O) groups is 1. The van der Waals surface area contributed by atoms with Crippen LogP contribution in [0.3, 0.4) is 0 Å². The van der Waals surface area contributed by atoms with Crippen LogP contribution in [0.4, 0.5) is 8.78 Å². The van der Waals surface area contributed by atoms with Gasteiger partial charge in [0.1, 0.15) is 11.6 Å². The molecule has 27 heavy (non-hydrogen) atoms. The van der Waals surface area contributed by atoms with Gasteiger partial charge in [0.25, 0.3) is 0 Å². The molecule has 0 saturated carbocycles. The minimum atomic E-state index is -3.78. The van der Waals surface area contributed by atoms with Crippen LogP contribution in [-0.4, -0.2) is 31.7 Å². The molecule has 144 valence electrons. The lowest BCUT2D eigenvalue weighted by Crippen LogP contribution is -2.45. The molecule has 1 atom stereocenters. The van der Waals surface area contributed by atoms with Crippen molar-refractivity contribution in [2.75, 3.05) is 13.1 Å². The Hall–Kier alpha value is -2.32. The topological polar surface area (TPSA) is 66.5 Å². The van der Waals surface area contributed by atoms with Crippen LogP contribution in [0, 0.1) is 17.6 Å². The Kier molecular flexibility index (Phi) is 5.86. The van der Waals surface area contributed by atoms with Crippen molar-refractivity contribution in [2.24, 2.45) is 5.92 Å². The maximum absolute atomic E-state index is 13.2. The van der Waals surface area contributed by atoms with Crippen molar-refractivity contribution in [1.29, 1.82) is 0 Å². The molecule has 0 radical (unpaired) electrons. The first-order chi connectivity index (χ1) is 12.9. The molecule has 0 aromatic heterocycles. The van der Waals surface area contributed by atoms with Gasteiger partial charge in [0, 0.05) is 19.6 Å². The van der Waals surface area contributed by atoms with Gasteiger partial charge in [0.2, 0.25) is 15.9 Å². The smallest absolute Gasteiger partial charge is 0.243 e. The SMILES string of the molecule is O=C(NCc1cccc(F)c1)C1CCCN(S(=O)(=O)c2ccc(F)cc2)C1. The summed E-state index contributed by atoms with van der Waals surface area (Å²) in [5.41, 5.74) is 0.634. The van der Waals surface area contributed by atoms with Gasteiger partial charge in [-0.1, -0.05) is 12.1 Å². The molecule has 1 fully saturated rings. The van der Waals surface area contributed by atoms with Crippen molar-refractivity contribution in [2.45, 2.75) is 24.3 Å². The zero-order valence-electron chi connectivity index (χ0n) is 14.6. The fraction of sp³-hybridized carbons (Fsp3) is 0.316. The Balaban J connectivity index is 1.64. The van der Waals surface area contributed by atoms with E-state index in [9.17, 15) is 22.0 Å². The molecular weight excluding hydrogens is 374 g/mol. The van der Waals surface area contributed by atoms with Crippen molar-refractivity contribution in [3.05, 3.63) is 65.7 Å². The molecule has 2 aromatic carbocycles. The van der Waals surface area contributed by atoms with Gasteiger partial charge in [-0.25, -0.2) is 17.2 Å². The van der Waals surface area contributed by atoms with Crippen molar-refractivity contribution >= 4 is 15.9 Å². The number of hydrogen-bond acceptors (Lipinski definition) is 3. The molecule has 1 unspecified atom stereocenters. The van der Waals surface area contributed by atoms with E-state index in [2.05, 4.69) is 5.32 Å². The van der Waals surface area contributed by atoms with Crippen LogP contribution in [0.25, 0.3) is 0 Å². The maximum atomic E-state index is 13.2. The van der Waals surface area contributed by atoms with Gasteiger partial charge < -0.3 is 5.32 Å². The standard InChI is InChI=1S/C19H20F2N2O3S/c20-16-6-8-18(9-7-16)27(25,26)23-10-2-4-15(13-23)19(24)22-12-14-3-1-5-17(21)11-14/h1,3,5-9,11,15H,2,4,10,12-13H2,(H,22,24). The number of halogens is 2. The van der Waals surface area contributed by atoms with Crippen LogP contribution < -0.4 is 5.32 Å². The highest BCUT2D eigenvalue weighted by atomic mass is 32.2. The van der Waals surface area contributed by atoms with Crippen LogP contribution in [0.1, 0.15) is 18.4 Å². The van der Waals surface area contributed by atoms with Crippen molar-refractivity contribution in [3.63, 3.8) is 0 Å². The molecule has 8 heteroatoms. The van der Waals surface area contributed by atoms with E-state index in [1.807, 2.05) is 0 Å². The predicted octanol–water partition coefficient (Wildman–Crippen LogP) is 2.68. The summed E-state index contributed by atoms with van der Waals surface area (Å²) in [4.78, 5) is 12.4. The van der Waals surface area contributed by atoms with E-state index in [4.69, 9.17) is 0 Å². The molecule has 3 rings (SSSR count). The molecule has 1 amide bonds. The Labute approximate surface area is 157 Å². The van der Waals surface area contributed by atoms with Crippen LogP contribution in [-0.2, 0) is 21.4 Å². The number of hydrogen-bond donors (Lipinski definition) is 1.